The van der Waals surface area contributed by atoms with E-state index in [2.05, 4.69) is 27.3 Å². The van der Waals surface area contributed by atoms with Crippen LogP contribution in [0.25, 0.3) is 10.9 Å². The van der Waals surface area contributed by atoms with Crippen molar-refractivity contribution >= 4 is 34.4 Å². The van der Waals surface area contributed by atoms with Crippen molar-refractivity contribution in [3.05, 3.63) is 78.0 Å². The third kappa shape index (κ3) is 5.51. The van der Waals surface area contributed by atoms with Crippen LogP contribution in [0.15, 0.2) is 66.9 Å². The second-order valence-corrected chi connectivity index (χ2v) is 8.20. The fraction of sp³-hybridized carbons (Fsp3) is 0.240. The maximum absolute atomic E-state index is 12.3. The highest BCUT2D eigenvalue weighted by Crippen LogP contribution is 2.31. The number of carboxylic acids is 2. The number of fused-ring (bicyclic) bond motifs is 1. The van der Waals surface area contributed by atoms with E-state index in [4.69, 9.17) is 5.11 Å². The first kappa shape index (κ1) is 23.2. The lowest BCUT2D eigenvalue weighted by Gasteiger charge is -2.37. The van der Waals surface area contributed by atoms with Gasteiger partial charge in [0, 0.05) is 73.2 Å². The van der Waals surface area contributed by atoms with Crippen LogP contribution in [0.2, 0.25) is 0 Å². The average Bonchev–Trinajstić information content (AvgIpc) is 3.22. The molecule has 1 saturated heterocycles. The number of nitrogens with one attached hydrogen (secondary N) is 2. The standard InChI is InChI=1S/C25H26N4O5/c30-22(8-9-23(31)32)27-18-6-7-19-20(15-26-21(19)14-18)24(25(33)34)29-12-10-28(11-13-29)16-17-4-2-1-3-5-17/h1-9,14-15,24,26H,10-13,16H2,(H,27,30)(H,31,32)(H,33,34)/b9-8+/t24-/m1/s1. The molecule has 9 nitrogen and oxygen atoms in total. The Morgan fingerprint density at radius 1 is 1.00 bits per heavy atom. The van der Waals surface area contributed by atoms with Crippen LogP contribution in [0, 0.1) is 0 Å². The molecule has 0 bridgehead atoms. The second kappa shape index (κ2) is 10.3. The highest BCUT2D eigenvalue weighted by Gasteiger charge is 2.32. The van der Waals surface area contributed by atoms with E-state index < -0.39 is 23.9 Å². The molecule has 4 N–H and O–H groups in total. The first-order valence-electron chi connectivity index (χ1n) is 11.0. The van der Waals surface area contributed by atoms with Crippen molar-refractivity contribution in [3.8, 4) is 0 Å². The number of carbonyl (C=O) groups excluding carboxylic acids is 1. The van der Waals surface area contributed by atoms with E-state index in [-0.39, 0.29) is 0 Å². The highest BCUT2D eigenvalue weighted by atomic mass is 16.4. The third-order valence-electron chi connectivity index (χ3n) is 5.91. The minimum atomic E-state index is -1.21. The van der Waals surface area contributed by atoms with Crippen LogP contribution in [0.1, 0.15) is 17.2 Å². The number of carbonyl (C=O) groups is 3. The SMILES string of the molecule is O=C(O)/C=C/C(=O)Nc1ccc2c([C@H](C(=O)O)N3CCN(Cc4ccccc4)CC3)c[nH]c2c1. The Balaban J connectivity index is 1.46. The monoisotopic (exact) mass is 462 g/mol. The van der Waals surface area contributed by atoms with Crippen molar-refractivity contribution in [1.82, 2.24) is 14.8 Å². The molecule has 9 heteroatoms. The van der Waals surface area contributed by atoms with Crippen LogP contribution in [0.5, 0.6) is 0 Å². The lowest BCUT2D eigenvalue weighted by Crippen LogP contribution is -2.48. The number of amides is 1. The molecule has 1 aromatic heterocycles. The maximum Gasteiger partial charge on any atom is 0.328 e. The van der Waals surface area contributed by atoms with E-state index in [0.717, 1.165) is 37.2 Å². The van der Waals surface area contributed by atoms with Crippen LogP contribution >= 0.6 is 0 Å². The van der Waals surface area contributed by atoms with E-state index in [1.807, 2.05) is 23.1 Å². The number of aromatic nitrogens is 1. The zero-order valence-electron chi connectivity index (χ0n) is 18.5. The summed E-state index contributed by atoms with van der Waals surface area (Å²) in [5, 5.41) is 22.0. The molecule has 176 valence electrons. The van der Waals surface area contributed by atoms with Gasteiger partial charge in [0.15, 0.2) is 0 Å². The number of nitrogens with zero attached hydrogens (tertiary/aromatic N) is 2. The Bertz CT molecular complexity index is 1210. The predicted octanol–water partition coefficient (Wildman–Crippen LogP) is 2.69. The number of aliphatic carboxylic acids is 2. The normalized spacial score (nSPS) is 16.0. The maximum atomic E-state index is 12.3. The summed E-state index contributed by atoms with van der Waals surface area (Å²) >= 11 is 0. The van der Waals surface area contributed by atoms with Gasteiger partial charge < -0.3 is 20.5 Å². The predicted molar refractivity (Wildman–Crippen MR) is 127 cm³/mol. The third-order valence-corrected chi connectivity index (χ3v) is 5.91. The second-order valence-electron chi connectivity index (χ2n) is 8.20. The zero-order chi connectivity index (χ0) is 24.1. The summed E-state index contributed by atoms with van der Waals surface area (Å²) in [5.74, 6) is -2.68. The molecule has 0 spiro atoms. The van der Waals surface area contributed by atoms with Crippen molar-refractivity contribution in [2.45, 2.75) is 12.6 Å². The minimum absolute atomic E-state index is 0.474. The van der Waals surface area contributed by atoms with Gasteiger partial charge in [-0.2, -0.15) is 0 Å². The lowest BCUT2D eigenvalue weighted by atomic mass is 10.0. The van der Waals surface area contributed by atoms with E-state index >= 15 is 0 Å². The van der Waals surface area contributed by atoms with Gasteiger partial charge in [0.25, 0.3) is 0 Å². The minimum Gasteiger partial charge on any atom is -0.480 e. The summed E-state index contributed by atoms with van der Waals surface area (Å²) in [5.41, 5.74) is 3.07. The molecule has 2 heterocycles. The number of aromatic amines is 1. The molecule has 34 heavy (non-hydrogen) atoms. The lowest BCUT2D eigenvalue weighted by molar-refractivity contribution is -0.144. The number of piperazine rings is 1. The summed E-state index contributed by atoms with van der Waals surface area (Å²) in [6.45, 7) is 3.68. The van der Waals surface area contributed by atoms with Crippen molar-refractivity contribution in [1.29, 1.82) is 0 Å². The Hall–Kier alpha value is -3.95. The van der Waals surface area contributed by atoms with Gasteiger partial charge in [0.05, 0.1) is 0 Å². The quantitative estimate of drug-likeness (QED) is 0.379. The van der Waals surface area contributed by atoms with Crippen LogP contribution in [-0.2, 0) is 20.9 Å². The van der Waals surface area contributed by atoms with Crippen molar-refractivity contribution < 1.29 is 24.6 Å². The molecule has 3 aromatic rings. The van der Waals surface area contributed by atoms with Crippen LogP contribution in [-0.4, -0.2) is 69.0 Å². The Labute approximate surface area is 196 Å². The van der Waals surface area contributed by atoms with Gasteiger partial charge in [-0.05, 0) is 17.7 Å². The van der Waals surface area contributed by atoms with Crippen molar-refractivity contribution in [2.24, 2.45) is 0 Å². The van der Waals surface area contributed by atoms with Gasteiger partial charge >= 0.3 is 11.9 Å². The molecule has 1 amide bonds. The number of hydrogen-bond acceptors (Lipinski definition) is 5. The summed E-state index contributed by atoms with van der Waals surface area (Å²) < 4.78 is 0. The molecule has 1 fully saturated rings. The smallest absolute Gasteiger partial charge is 0.328 e. The average molecular weight is 463 g/mol. The summed E-state index contributed by atoms with van der Waals surface area (Å²) in [6.07, 6.45) is 3.40. The molecular weight excluding hydrogens is 436 g/mol. The molecule has 1 aliphatic rings. The largest absolute Gasteiger partial charge is 0.480 e. The topological polar surface area (TPSA) is 126 Å². The number of carboxylic acid groups (broad SMARTS) is 2. The van der Waals surface area contributed by atoms with E-state index in [0.29, 0.717) is 29.9 Å². The van der Waals surface area contributed by atoms with Gasteiger partial charge in [-0.1, -0.05) is 36.4 Å². The number of rotatable bonds is 8. The molecule has 2 aromatic carbocycles. The molecule has 1 atom stereocenters. The van der Waals surface area contributed by atoms with Crippen molar-refractivity contribution in [2.75, 3.05) is 31.5 Å². The van der Waals surface area contributed by atoms with E-state index in [9.17, 15) is 19.5 Å². The Morgan fingerprint density at radius 2 is 1.74 bits per heavy atom. The summed E-state index contributed by atoms with van der Waals surface area (Å²) in [6, 6.07) is 14.6. The molecule has 0 saturated carbocycles. The van der Waals surface area contributed by atoms with Crippen LogP contribution < -0.4 is 5.32 Å². The summed E-state index contributed by atoms with van der Waals surface area (Å²) in [7, 11) is 0. The van der Waals surface area contributed by atoms with Gasteiger partial charge in [0.1, 0.15) is 6.04 Å². The Kier molecular flexibility index (Phi) is 7.05. The molecule has 1 aliphatic heterocycles. The number of benzene rings is 2. The number of hydrogen-bond donors (Lipinski definition) is 4. The fourth-order valence-corrected chi connectivity index (χ4v) is 4.29. The van der Waals surface area contributed by atoms with Gasteiger partial charge in [0.2, 0.25) is 5.91 Å². The molecule has 4 rings (SSSR count). The van der Waals surface area contributed by atoms with Crippen molar-refractivity contribution in [3.63, 3.8) is 0 Å². The molecule has 0 radical (unpaired) electrons. The first-order valence-corrected chi connectivity index (χ1v) is 11.0. The van der Waals surface area contributed by atoms with Gasteiger partial charge in [-0.3, -0.25) is 19.4 Å². The van der Waals surface area contributed by atoms with Crippen LogP contribution in [0.3, 0.4) is 0 Å². The molecule has 0 unspecified atom stereocenters. The van der Waals surface area contributed by atoms with E-state index in [1.165, 1.54) is 5.56 Å². The highest BCUT2D eigenvalue weighted by molar-refractivity contribution is 6.03. The van der Waals surface area contributed by atoms with Gasteiger partial charge in [-0.25, -0.2) is 4.79 Å². The molecule has 0 aliphatic carbocycles. The molecular formula is C25H26N4O5. The van der Waals surface area contributed by atoms with Crippen LogP contribution in [0.4, 0.5) is 5.69 Å². The fourth-order valence-electron chi connectivity index (χ4n) is 4.29. The zero-order valence-corrected chi connectivity index (χ0v) is 18.5. The summed E-state index contributed by atoms with van der Waals surface area (Å²) in [4.78, 5) is 42.1. The first-order chi connectivity index (χ1) is 16.4. The number of H-pyrrole nitrogens is 1. The van der Waals surface area contributed by atoms with E-state index in [1.54, 1.807) is 24.4 Å². The van der Waals surface area contributed by atoms with Gasteiger partial charge in [-0.15, -0.1) is 0 Å². The number of anilines is 1. The Morgan fingerprint density at radius 3 is 2.41 bits per heavy atom.